The number of amides is 1. The van der Waals surface area contributed by atoms with Crippen LogP contribution < -0.4 is 0 Å². The molecule has 0 bridgehead atoms. The summed E-state index contributed by atoms with van der Waals surface area (Å²) in [6, 6.07) is 10.2. The van der Waals surface area contributed by atoms with Crippen LogP contribution in [0.5, 0.6) is 0 Å². The molecule has 1 saturated heterocycles. The molecule has 122 valence electrons. The summed E-state index contributed by atoms with van der Waals surface area (Å²) in [5, 5.41) is 0. The van der Waals surface area contributed by atoms with Gasteiger partial charge in [0.15, 0.2) is 0 Å². The number of aromatic nitrogens is 4. The van der Waals surface area contributed by atoms with Gasteiger partial charge in [0.2, 0.25) is 5.91 Å². The number of carbonyl (C=O) groups excluding carboxylic acids is 1. The number of nitrogens with one attached hydrogen (secondary N) is 1. The molecule has 1 N–H and O–H groups in total. The van der Waals surface area contributed by atoms with E-state index in [9.17, 15) is 4.79 Å². The van der Waals surface area contributed by atoms with Crippen LogP contribution in [0.4, 0.5) is 0 Å². The van der Waals surface area contributed by atoms with Gasteiger partial charge in [-0.15, -0.1) is 0 Å². The van der Waals surface area contributed by atoms with E-state index in [0.29, 0.717) is 12.3 Å². The van der Waals surface area contributed by atoms with E-state index in [1.807, 2.05) is 33.9 Å². The van der Waals surface area contributed by atoms with Gasteiger partial charge in [-0.3, -0.25) is 4.79 Å². The summed E-state index contributed by atoms with van der Waals surface area (Å²) in [7, 11) is 0. The fraction of sp³-hybridized carbons (Fsp3) is 0.278. The second-order valence-corrected chi connectivity index (χ2v) is 6.15. The fourth-order valence-electron chi connectivity index (χ4n) is 3.04. The Hall–Kier alpha value is -2.89. The van der Waals surface area contributed by atoms with E-state index in [1.54, 1.807) is 18.7 Å². The quantitative estimate of drug-likeness (QED) is 0.779. The normalized spacial score (nSPS) is 14.6. The van der Waals surface area contributed by atoms with Crippen LogP contribution in [0.3, 0.4) is 0 Å². The van der Waals surface area contributed by atoms with Gasteiger partial charge in [0.05, 0.1) is 18.7 Å². The molecule has 3 heterocycles. The van der Waals surface area contributed by atoms with Gasteiger partial charge < -0.3 is 14.5 Å². The van der Waals surface area contributed by atoms with Crippen molar-refractivity contribution in [3.8, 4) is 0 Å². The third kappa shape index (κ3) is 2.95. The van der Waals surface area contributed by atoms with E-state index in [0.717, 1.165) is 31.2 Å². The number of H-pyrrole nitrogens is 1. The highest BCUT2D eigenvalue weighted by molar-refractivity contribution is 5.79. The first-order chi connectivity index (χ1) is 11.8. The maximum absolute atomic E-state index is 12.5. The molecule has 6 nitrogen and oxygen atoms in total. The number of imidazole rings is 2. The molecule has 1 amide bonds. The zero-order valence-corrected chi connectivity index (χ0v) is 13.3. The Bertz CT molecular complexity index is 803. The molecule has 1 fully saturated rings. The van der Waals surface area contributed by atoms with Crippen LogP contribution in [0.2, 0.25) is 0 Å². The highest BCUT2D eigenvalue weighted by atomic mass is 16.2. The molecule has 24 heavy (non-hydrogen) atoms. The predicted molar refractivity (Wildman–Crippen MR) is 89.4 cm³/mol. The van der Waals surface area contributed by atoms with Crippen molar-refractivity contribution < 1.29 is 4.79 Å². The maximum atomic E-state index is 12.5. The van der Waals surface area contributed by atoms with Crippen LogP contribution in [-0.2, 0) is 17.8 Å². The van der Waals surface area contributed by atoms with E-state index in [2.05, 4.69) is 27.1 Å². The van der Waals surface area contributed by atoms with E-state index in [-0.39, 0.29) is 5.91 Å². The number of hydrogen-bond donors (Lipinski definition) is 1. The largest absolute Gasteiger partial charge is 0.348 e. The molecule has 2 aromatic heterocycles. The first kappa shape index (κ1) is 14.7. The highest BCUT2D eigenvalue weighted by Crippen LogP contribution is 2.24. The van der Waals surface area contributed by atoms with Crippen molar-refractivity contribution in [1.29, 1.82) is 0 Å². The number of rotatable bonds is 5. The van der Waals surface area contributed by atoms with Gasteiger partial charge in [-0.2, -0.15) is 0 Å². The molecule has 3 aromatic rings. The smallest absolute Gasteiger partial charge is 0.228 e. The topological polar surface area (TPSA) is 66.8 Å². The zero-order valence-electron chi connectivity index (χ0n) is 13.3. The van der Waals surface area contributed by atoms with Crippen molar-refractivity contribution in [3.63, 3.8) is 0 Å². The highest BCUT2D eigenvalue weighted by Gasteiger charge is 2.33. The first-order valence-electron chi connectivity index (χ1n) is 8.09. The molecular formula is C18H19N5O. The van der Waals surface area contributed by atoms with E-state index < -0.39 is 0 Å². The standard InChI is InChI=1S/C18H19N5O/c24-17(22-11-15(12-22)18-20-6-7-21-18)8-16-9-19-13-23(16)10-14-4-2-1-3-5-14/h1-7,9,13,15H,8,10-12H2,(H,20,21). The molecule has 1 aromatic carbocycles. The molecule has 0 radical (unpaired) electrons. The van der Waals surface area contributed by atoms with E-state index in [1.165, 1.54) is 5.56 Å². The number of likely N-dealkylation sites (tertiary alicyclic amines) is 1. The third-order valence-electron chi connectivity index (χ3n) is 4.47. The van der Waals surface area contributed by atoms with Crippen LogP contribution in [-0.4, -0.2) is 43.4 Å². The van der Waals surface area contributed by atoms with E-state index >= 15 is 0 Å². The Labute approximate surface area is 140 Å². The second-order valence-electron chi connectivity index (χ2n) is 6.15. The fourth-order valence-corrected chi connectivity index (χ4v) is 3.04. The van der Waals surface area contributed by atoms with Crippen molar-refractivity contribution in [2.24, 2.45) is 0 Å². The van der Waals surface area contributed by atoms with Gasteiger partial charge in [-0.05, 0) is 5.56 Å². The molecule has 0 spiro atoms. The van der Waals surface area contributed by atoms with Gasteiger partial charge >= 0.3 is 0 Å². The Morgan fingerprint density at radius 1 is 1.25 bits per heavy atom. The number of hydrogen-bond acceptors (Lipinski definition) is 3. The van der Waals surface area contributed by atoms with Gasteiger partial charge in [-0.25, -0.2) is 9.97 Å². The van der Waals surface area contributed by atoms with Crippen molar-refractivity contribution >= 4 is 5.91 Å². The van der Waals surface area contributed by atoms with Crippen LogP contribution in [0, 0.1) is 0 Å². The summed E-state index contributed by atoms with van der Waals surface area (Å²) in [4.78, 5) is 25.9. The van der Waals surface area contributed by atoms with Gasteiger partial charge in [0.25, 0.3) is 0 Å². The van der Waals surface area contributed by atoms with Crippen LogP contribution in [0.1, 0.15) is 23.0 Å². The molecule has 1 aliphatic heterocycles. The first-order valence-corrected chi connectivity index (χ1v) is 8.09. The van der Waals surface area contributed by atoms with Crippen molar-refractivity contribution in [2.75, 3.05) is 13.1 Å². The van der Waals surface area contributed by atoms with Crippen molar-refractivity contribution in [3.05, 3.63) is 72.3 Å². The average Bonchev–Trinajstić information content (AvgIpc) is 3.20. The molecule has 0 atom stereocenters. The summed E-state index contributed by atoms with van der Waals surface area (Å²) >= 11 is 0. The Morgan fingerprint density at radius 3 is 2.83 bits per heavy atom. The van der Waals surface area contributed by atoms with Gasteiger partial charge in [0, 0.05) is 43.9 Å². The molecule has 0 aliphatic carbocycles. The monoisotopic (exact) mass is 321 g/mol. The Balaban J connectivity index is 1.36. The SMILES string of the molecule is O=C(Cc1cncn1Cc1ccccc1)N1CC(c2ncc[nH]2)C1. The Morgan fingerprint density at radius 2 is 2.08 bits per heavy atom. The summed E-state index contributed by atoms with van der Waals surface area (Å²) in [5.74, 6) is 1.44. The lowest BCUT2D eigenvalue weighted by Gasteiger charge is -2.38. The van der Waals surface area contributed by atoms with Gasteiger partial charge in [-0.1, -0.05) is 30.3 Å². The third-order valence-corrected chi connectivity index (χ3v) is 4.47. The minimum absolute atomic E-state index is 0.146. The molecule has 1 aliphatic rings. The molecular weight excluding hydrogens is 302 g/mol. The molecule has 4 rings (SSSR count). The van der Waals surface area contributed by atoms with Gasteiger partial charge in [0.1, 0.15) is 5.82 Å². The summed E-state index contributed by atoms with van der Waals surface area (Å²) in [6.07, 6.45) is 7.53. The number of carbonyl (C=O) groups is 1. The molecule has 0 unspecified atom stereocenters. The summed E-state index contributed by atoms with van der Waals surface area (Å²) < 4.78 is 2.04. The lowest BCUT2D eigenvalue weighted by atomic mass is 9.99. The van der Waals surface area contributed by atoms with Crippen LogP contribution in [0.25, 0.3) is 0 Å². The zero-order chi connectivity index (χ0) is 16.4. The van der Waals surface area contributed by atoms with E-state index in [4.69, 9.17) is 0 Å². The van der Waals surface area contributed by atoms with Crippen LogP contribution >= 0.6 is 0 Å². The number of aromatic amines is 1. The lowest BCUT2D eigenvalue weighted by molar-refractivity contribution is -0.135. The predicted octanol–water partition coefficient (Wildman–Crippen LogP) is 1.82. The van der Waals surface area contributed by atoms with Crippen LogP contribution in [0.15, 0.2) is 55.2 Å². The summed E-state index contributed by atoms with van der Waals surface area (Å²) in [5.41, 5.74) is 2.15. The average molecular weight is 321 g/mol. The number of nitrogens with zero attached hydrogens (tertiary/aromatic N) is 4. The number of benzene rings is 1. The minimum atomic E-state index is 0.146. The summed E-state index contributed by atoms with van der Waals surface area (Å²) in [6.45, 7) is 2.21. The maximum Gasteiger partial charge on any atom is 0.228 e. The van der Waals surface area contributed by atoms with Crippen molar-refractivity contribution in [1.82, 2.24) is 24.4 Å². The lowest BCUT2D eigenvalue weighted by Crippen LogP contribution is -2.49. The Kier molecular flexibility index (Phi) is 3.86. The molecule has 6 heteroatoms. The molecule has 0 saturated carbocycles. The minimum Gasteiger partial charge on any atom is -0.348 e. The second kappa shape index (κ2) is 6.31. The van der Waals surface area contributed by atoms with Crippen molar-refractivity contribution in [2.45, 2.75) is 18.9 Å².